The summed E-state index contributed by atoms with van der Waals surface area (Å²) in [5, 5.41) is 3.39. The lowest BCUT2D eigenvalue weighted by Crippen LogP contribution is -2.66. The number of aromatic nitrogens is 2. The molecule has 1 heterocycles. The third kappa shape index (κ3) is 3.63. The number of carbonyl (C=O) groups is 2. The Bertz CT molecular complexity index is 1250. The number of hydrogen-bond acceptors (Lipinski definition) is 4. The monoisotopic (exact) mass is 545 g/mol. The molecule has 5 aliphatic carbocycles. The van der Waals surface area contributed by atoms with Gasteiger partial charge >= 0.3 is 0 Å². The standard InChI is InChI=1S/C35H51N3O2/c1-21(2)28-24(39)19-32(5)16-17-34(7)22(29(28)32)9-10-26-33(6)14-12-27(38-30(40)23-13-18-36-20-37-23)31(3,4)25(33)11-15-35(26,34)8/h13,18,20-22,25-27H,9-12,14-17,19H2,1-8H3,(H,38,40)/t22-,25+,26-,27?,32+,33+,34-,35-/m1/s1. The van der Waals surface area contributed by atoms with Crippen LogP contribution in [0.1, 0.15) is 124 Å². The predicted molar refractivity (Wildman–Crippen MR) is 158 cm³/mol. The van der Waals surface area contributed by atoms with Crippen LogP contribution in [0.4, 0.5) is 0 Å². The summed E-state index contributed by atoms with van der Waals surface area (Å²) in [5.74, 6) is 2.44. The number of carbonyl (C=O) groups excluding carboxylic acids is 2. The van der Waals surface area contributed by atoms with E-state index >= 15 is 0 Å². The topological polar surface area (TPSA) is 72.0 Å². The lowest BCUT2D eigenvalue weighted by Gasteiger charge is -2.72. The van der Waals surface area contributed by atoms with E-state index in [0.29, 0.717) is 35.1 Å². The SMILES string of the molecule is CC(C)C1=C2[C@H]3CC[C@@H]4[C@@]5(C)CCC(NC(=O)c6ccncn6)C(C)(C)[C@@H]5CC[C@@]4(C)[C@]3(C)CC[C@@]2(C)CC1=O. The molecule has 0 saturated heterocycles. The molecule has 6 rings (SSSR count). The molecular formula is C35H51N3O2. The van der Waals surface area contributed by atoms with Gasteiger partial charge in [-0.3, -0.25) is 9.59 Å². The van der Waals surface area contributed by atoms with Crippen molar-refractivity contribution in [3.8, 4) is 0 Å². The van der Waals surface area contributed by atoms with Crippen molar-refractivity contribution in [2.75, 3.05) is 0 Å². The van der Waals surface area contributed by atoms with Gasteiger partial charge in [0.25, 0.3) is 5.91 Å². The Morgan fingerprint density at radius 1 is 0.925 bits per heavy atom. The molecule has 0 aliphatic heterocycles. The number of rotatable bonds is 3. The third-order valence-electron chi connectivity index (χ3n) is 13.9. The Kier molecular flexibility index (Phi) is 6.31. The van der Waals surface area contributed by atoms with Crippen molar-refractivity contribution >= 4 is 11.7 Å². The highest BCUT2D eigenvalue weighted by Gasteiger charge is 2.69. The first-order chi connectivity index (χ1) is 18.7. The molecule has 0 aromatic carbocycles. The van der Waals surface area contributed by atoms with E-state index in [2.05, 4.69) is 70.7 Å². The van der Waals surface area contributed by atoms with E-state index in [9.17, 15) is 9.59 Å². The van der Waals surface area contributed by atoms with Crippen molar-refractivity contribution in [3.05, 3.63) is 35.4 Å². The van der Waals surface area contributed by atoms with Crippen LogP contribution in [-0.2, 0) is 4.79 Å². The van der Waals surface area contributed by atoms with Gasteiger partial charge < -0.3 is 5.32 Å². The van der Waals surface area contributed by atoms with Crippen LogP contribution >= 0.6 is 0 Å². The van der Waals surface area contributed by atoms with Crippen molar-refractivity contribution in [3.63, 3.8) is 0 Å². The number of nitrogens with zero attached hydrogens (tertiary/aromatic N) is 2. The van der Waals surface area contributed by atoms with Gasteiger partial charge in [0.2, 0.25) is 0 Å². The van der Waals surface area contributed by atoms with E-state index in [1.807, 2.05) is 0 Å². The molecule has 1 N–H and O–H groups in total. The molecule has 5 nitrogen and oxygen atoms in total. The van der Waals surface area contributed by atoms with E-state index in [0.717, 1.165) is 25.7 Å². The van der Waals surface area contributed by atoms with E-state index in [1.54, 1.807) is 17.8 Å². The molecule has 5 aliphatic rings. The molecular weight excluding hydrogens is 494 g/mol. The first-order valence-corrected chi connectivity index (χ1v) is 16.0. The lowest BCUT2D eigenvalue weighted by molar-refractivity contribution is -0.215. The van der Waals surface area contributed by atoms with Crippen LogP contribution in [0, 0.1) is 50.7 Å². The Hall–Kier alpha value is -2.04. The second kappa shape index (κ2) is 8.98. The first kappa shape index (κ1) is 28.1. The van der Waals surface area contributed by atoms with E-state index in [4.69, 9.17) is 0 Å². The summed E-state index contributed by atoms with van der Waals surface area (Å²) < 4.78 is 0. The molecule has 218 valence electrons. The van der Waals surface area contributed by atoms with Crippen molar-refractivity contribution in [1.82, 2.24) is 15.3 Å². The quantitative estimate of drug-likeness (QED) is 0.425. The molecule has 8 atom stereocenters. The maximum absolute atomic E-state index is 13.3. The highest BCUT2D eigenvalue weighted by molar-refractivity contribution is 6.00. The van der Waals surface area contributed by atoms with Crippen LogP contribution in [0.25, 0.3) is 0 Å². The molecule has 4 fully saturated rings. The number of fused-ring (bicyclic) bond motifs is 7. The van der Waals surface area contributed by atoms with Crippen molar-refractivity contribution in [2.24, 2.45) is 50.7 Å². The van der Waals surface area contributed by atoms with Gasteiger partial charge in [-0.25, -0.2) is 9.97 Å². The van der Waals surface area contributed by atoms with Crippen molar-refractivity contribution in [2.45, 2.75) is 119 Å². The minimum Gasteiger partial charge on any atom is -0.347 e. The molecule has 40 heavy (non-hydrogen) atoms. The number of Topliss-reactive ketones (excluding diaryl/α,β-unsaturated/α-hetero) is 1. The van der Waals surface area contributed by atoms with Crippen LogP contribution in [-0.4, -0.2) is 27.7 Å². The summed E-state index contributed by atoms with van der Waals surface area (Å²) in [4.78, 5) is 34.6. The molecule has 0 spiro atoms. The van der Waals surface area contributed by atoms with Crippen LogP contribution in [0.5, 0.6) is 0 Å². The smallest absolute Gasteiger partial charge is 0.270 e. The highest BCUT2D eigenvalue weighted by atomic mass is 16.2. The zero-order chi connectivity index (χ0) is 28.9. The molecule has 1 aromatic heterocycles. The molecule has 1 amide bonds. The number of amides is 1. The summed E-state index contributed by atoms with van der Waals surface area (Å²) in [6, 6.07) is 1.84. The number of nitrogens with one attached hydrogen (secondary N) is 1. The minimum atomic E-state index is -0.0802. The number of allylic oxidation sites excluding steroid dienone is 2. The first-order valence-electron chi connectivity index (χ1n) is 16.0. The van der Waals surface area contributed by atoms with Gasteiger partial charge in [-0.05, 0) is 114 Å². The van der Waals surface area contributed by atoms with Gasteiger partial charge in [-0.1, -0.05) is 61.0 Å². The average Bonchev–Trinajstić information content (AvgIpc) is 3.17. The summed E-state index contributed by atoms with van der Waals surface area (Å²) >= 11 is 0. The number of ketones is 1. The highest BCUT2D eigenvalue weighted by Crippen LogP contribution is 2.76. The molecule has 4 saturated carbocycles. The third-order valence-corrected chi connectivity index (χ3v) is 13.9. The van der Waals surface area contributed by atoms with Gasteiger partial charge in [-0.2, -0.15) is 0 Å². The largest absolute Gasteiger partial charge is 0.347 e. The summed E-state index contributed by atoms with van der Waals surface area (Å²) in [6.45, 7) is 19.6. The molecule has 0 radical (unpaired) electrons. The lowest BCUT2D eigenvalue weighted by atomic mass is 9.33. The van der Waals surface area contributed by atoms with E-state index in [1.165, 1.54) is 44.0 Å². The predicted octanol–water partition coefficient (Wildman–Crippen LogP) is 7.58. The average molecular weight is 546 g/mol. The molecule has 5 heteroatoms. The zero-order valence-electron chi connectivity index (χ0n) is 26.2. The Labute approximate surface area is 241 Å². The van der Waals surface area contributed by atoms with Gasteiger partial charge in [0.15, 0.2) is 5.78 Å². The number of hydrogen-bond donors (Lipinski definition) is 1. The van der Waals surface area contributed by atoms with Gasteiger partial charge in [0.1, 0.15) is 12.0 Å². The molecule has 1 unspecified atom stereocenters. The normalized spacial score (nSPS) is 44.0. The maximum Gasteiger partial charge on any atom is 0.270 e. The maximum atomic E-state index is 13.3. The zero-order valence-corrected chi connectivity index (χ0v) is 26.2. The molecule has 0 bridgehead atoms. The fourth-order valence-corrected chi connectivity index (χ4v) is 11.8. The second-order valence-electron chi connectivity index (χ2n) is 16.2. The second-order valence-corrected chi connectivity index (χ2v) is 16.2. The molecule has 1 aromatic rings. The van der Waals surface area contributed by atoms with Gasteiger partial charge in [0, 0.05) is 18.7 Å². The fourth-order valence-electron chi connectivity index (χ4n) is 11.8. The Morgan fingerprint density at radius 2 is 1.68 bits per heavy atom. The van der Waals surface area contributed by atoms with Gasteiger partial charge in [0.05, 0.1) is 0 Å². The van der Waals surface area contributed by atoms with Crippen LogP contribution < -0.4 is 5.32 Å². The summed E-state index contributed by atoms with van der Waals surface area (Å²) in [5.41, 5.74) is 4.04. The van der Waals surface area contributed by atoms with E-state index < -0.39 is 0 Å². The summed E-state index contributed by atoms with van der Waals surface area (Å²) in [6.07, 6.45) is 13.3. The minimum absolute atomic E-state index is 0.00508. The summed E-state index contributed by atoms with van der Waals surface area (Å²) in [7, 11) is 0. The Balaban J connectivity index is 1.31. The van der Waals surface area contributed by atoms with Gasteiger partial charge in [-0.15, -0.1) is 0 Å². The van der Waals surface area contributed by atoms with Crippen LogP contribution in [0.3, 0.4) is 0 Å². The van der Waals surface area contributed by atoms with Crippen LogP contribution in [0.2, 0.25) is 0 Å². The Morgan fingerprint density at radius 3 is 2.35 bits per heavy atom. The van der Waals surface area contributed by atoms with Crippen molar-refractivity contribution in [1.29, 1.82) is 0 Å². The van der Waals surface area contributed by atoms with Crippen LogP contribution in [0.15, 0.2) is 29.7 Å². The fraction of sp³-hybridized carbons (Fsp3) is 0.771. The van der Waals surface area contributed by atoms with E-state index in [-0.39, 0.29) is 39.0 Å². The van der Waals surface area contributed by atoms with Crippen molar-refractivity contribution < 1.29 is 9.59 Å².